The van der Waals surface area contributed by atoms with Crippen LogP contribution in [0.3, 0.4) is 0 Å². The van der Waals surface area contributed by atoms with E-state index in [-0.39, 0.29) is 18.7 Å². The molecule has 2 N–H and O–H groups in total. The molecule has 0 radical (unpaired) electrons. The summed E-state index contributed by atoms with van der Waals surface area (Å²) in [4.78, 5) is 13.8. The minimum atomic E-state index is -0.0241. The molecule has 0 heterocycles. The van der Waals surface area contributed by atoms with Crippen molar-refractivity contribution in [2.75, 3.05) is 19.7 Å². The summed E-state index contributed by atoms with van der Waals surface area (Å²) >= 11 is 0. The molecule has 1 aliphatic carbocycles. The number of aliphatic hydroxyl groups is 1. The van der Waals surface area contributed by atoms with Gasteiger partial charge in [-0.1, -0.05) is 26.2 Å². The van der Waals surface area contributed by atoms with E-state index in [9.17, 15) is 4.79 Å². The van der Waals surface area contributed by atoms with Gasteiger partial charge in [-0.05, 0) is 32.1 Å². The Hall–Kier alpha value is -0.770. The number of carbonyl (C=O) groups is 1. The Morgan fingerprint density at radius 3 is 2.56 bits per heavy atom. The third-order valence-electron chi connectivity index (χ3n) is 3.86. The van der Waals surface area contributed by atoms with Crippen molar-refractivity contribution in [1.29, 1.82) is 0 Å². The smallest absolute Gasteiger partial charge is 0.317 e. The molecule has 0 aromatic heterocycles. The SMILES string of the molecule is CCCN(CCO)C(=O)NC(C)C1CCCCC1. The normalized spacial score (nSPS) is 18.4. The van der Waals surface area contributed by atoms with Crippen molar-refractivity contribution in [1.82, 2.24) is 10.2 Å². The van der Waals surface area contributed by atoms with Crippen molar-refractivity contribution in [3.8, 4) is 0 Å². The van der Waals surface area contributed by atoms with E-state index in [1.807, 2.05) is 6.92 Å². The van der Waals surface area contributed by atoms with Crippen LogP contribution in [0.4, 0.5) is 4.79 Å². The second-order valence-corrected chi connectivity index (χ2v) is 5.35. The Bertz CT molecular complexity index is 234. The first-order chi connectivity index (χ1) is 8.69. The summed E-state index contributed by atoms with van der Waals surface area (Å²) in [6.07, 6.45) is 7.31. The predicted molar refractivity (Wildman–Crippen MR) is 73.5 cm³/mol. The van der Waals surface area contributed by atoms with E-state index in [0.717, 1.165) is 6.42 Å². The van der Waals surface area contributed by atoms with Crippen molar-refractivity contribution in [3.05, 3.63) is 0 Å². The average Bonchev–Trinajstić information content (AvgIpc) is 2.39. The standard InChI is InChI=1S/C14H28N2O2/c1-3-9-16(10-11-17)14(18)15-12(2)13-7-5-4-6-8-13/h12-13,17H,3-11H2,1-2H3,(H,15,18). The van der Waals surface area contributed by atoms with Gasteiger partial charge in [-0.25, -0.2) is 4.79 Å². The van der Waals surface area contributed by atoms with Gasteiger partial charge in [0.1, 0.15) is 0 Å². The van der Waals surface area contributed by atoms with Crippen molar-refractivity contribution in [2.24, 2.45) is 5.92 Å². The van der Waals surface area contributed by atoms with Gasteiger partial charge in [0, 0.05) is 19.1 Å². The van der Waals surface area contributed by atoms with E-state index >= 15 is 0 Å². The number of urea groups is 1. The third kappa shape index (κ3) is 4.84. The van der Waals surface area contributed by atoms with E-state index < -0.39 is 0 Å². The topological polar surface area (TPSA) is 52.6 Å². The number of nitrogens with one attached hydrogen (secondary N) is 1. The molecule has 1 rings (SSSR count). The second kappa shape index (κ2) is 8.35. The molecule has 0 aromatic rings. The highest BCUT2D eigenvalue weighted by atomic mass is 16.3. The lowest BCUT2D eigenvalue weighted by molar-refractivity contribution is 0.168. The Kier molecular flexibility index (Phi) is 7.09. The van der Waals surface area contributed by atoms with Crippen LogP contribution in [0, 0.1) is 5.92 Å². The summed E-state index contributed by atoms with van der Waals surface area (Å²) in [7, 11) is 0. The van der Waals surface area contributed by atoms with Crippen LogP contribution >= 0.6 is 0 Å². The summed E-state index contributed by atoms with van der Waals surface area (Å²) in [6.45, 7) is 5.32. The Morgan fingerprint density at radius 1 is 1.33 bits per heavy atom. The van der Waals surface area contributed by atoms with Crippen LogP contribution in [0.5, 0.6) is 0 Å². The second-order valence-electron chi connectivity index (χ2n) is 5.35. The first-order valence-corrected chi connectivity index (χ1v) is 7.35. The molecule has 0 aromatic carbocycles. The number of nitrogens with zero attached hydrogens (tertiary/aromatic N) is 1. The molecular weight excluding hydrogens is 228 g/mol. The minimum absolute atomic E-state index is 0.0241. The van der Waals surface area contributed by atoms with Crippen LogP contribution in [0.1, 0.15) is 52.4 Å². The number of amides is 2. The highest BCUT2D eigenvalue weighted by Crippen LogP contribution is 2.26. The fourth-order valence-corrected chi connectivity index (χ4v) is 2.74. The zero-order chi connectivity index (χ0) is 13.4. The minimum Gasteiger partial charge on any atom is -0.395 e. The van der Waals surface area contributed by atoms with Crippen LogP contribution in [-0.2, 0) is 0 Å². The monoisotopic (exact) mass is 256 g/mol. The van der Waals surface area contributed by atoms with Gasteiger partial charge in [-0.15, -0.1) is 0 Å². The van der Waals surface area contributed by atoms with E-state index in [0.29, 0.717) is 19.0 Å². The fourth-order valence-electron chi connectivity index (χ4n) is 2.74. The quantitative estimate of drug-likeness (QED) is 0.766. The molecule has 4 nitrogen and oxygen atoms in total. The summed E-state index contributed by atoms with van der Waals surface area (Å²) in [6, 6.07) is 0.222. The van der Waals surface area contributed by atoms with Crippen LogP contribution in [-0.4, -0.2) is 41.8 Å². The third-order valence-corrected chi connectivity index (χ3v) is 3.86. The molecule has 1 fully saturated rings. The molecule has 1 aliphatic rings. The Balaban J connectivity index is 2.40. The van der Waals surface area contributed by atoms with Gasteiger partial charge in [-0.2, -0.15) is 0 Å². The van der Waals surface area contributed by atoms with Gasteiger partial charge in [0.2, 0.25) is 0 Å². The van der Waals surface area contributed by atoms with Crippen LogP contribution in [0.2, 0.25) is 0 Å². The van der Waals surface area contributed by atoms with Crippen LogP contribution in [0.25, 0.3) is 0 Å². The Morgan fingerprint density at radius 2 is 2.00 bits per heavy atom. The van der Waals surface area contributed by atoms with E-state index in [2.05, 4.69) is 12.2 Å². The van der Waals surface area contributed by atoms with Gasteiger partial charge in [0.25, 0.3) is 0 Å². The van der Waals surface area contributed by atoms with Crippen molar-refractivity contribution in [3.63, 3.8) is 0 Å². The van der Waals surface area contributed by atoms with E-state index in [4.69, 9.17) is 5.11 Å². The highest BCUT2D eigenvalue weighted by molar-refractivity contribution is 5.74. The maximum atomic E-state index is 12.1. The maximum absolute atomic E-state index is 12.1. The number of hydrogen-bond acceptors (Lipinski definition) is 2. The molecule has 1 saturated carbocycles. The molecule has 106 valence electrons. The molecule has 0 saturated heterocycles. The van der Waals surface area contributed by atoms with Gasteiger partial charge in [-0.3, -0.25) is 0 Å². The van der Waals surface area contributed by atoms with Crippen LogP contribution in [0.15, 0.2) is 0 Å². The number of rotatable bonds is 6. The van der Waals surface area contributed by atoms with Gasteiger partial charge < -0.3 is 15.3 Å². The number of aliphatic hydroxyl groups excluding tert-OH is 1. The molecule has 2 amide bonds. The molecule has 1 atom stereocenters. The zero-order valence-electron chi connectivity index (χ0n) is 11.8. The van der Waals surface area contributed by atoms with E-state index in [1.54, 1.807) is 4.90 Å². The molecule has 0 spiro atoms. The lowest BCUT2D eigenvalue weighted by Crippen LogP contribution is -2.47. The summed E-state index contributed by atoms with van der Waals surface area (Å²) in [5.74, 6) is 0.625. The molecule has 1 unspecified atom stereocenters. The lowest BCUT2D eigenvalue weighted by atomic mass is 9.84. The summed E-state index contributed by atoms with van der Waals surface area (Å²) < 4.78 is 0. The van der Waals surface area contributed by atoms with Gasteiger partial charge in [0.15, 0.2) is 0 Å². The van der Waals surface area contributed by atoms with Crippen LogP contribution < -0.4 is 5.32 Å². The first-order valence-electron chi connectivity index (χ1n) is 7.35. The molecule has 0 aliphatic heterocycles. The summed E-state index contributed by atoms with van der Waals surface area (Å²) in [5, 5.41) is 12.1. The number of carbonyl (C=O) groups excluding carboxylic acids is 1. The largest absolute Gasteiger partial charge is 0.395 e. The van der Waals surface area contributed by atoms with Crippen molar-refractivity contribution in [2.45, 2.75) is 58.4 Å². The Labute approximate surface area is 111 Å². The summed E-state index contributed by atoms with van der Waals surface area (Å²) in [5.41, 5.74) is 0. The van der Waals surface area contributed by atoms with Gasteiger partial charge in [0.05, 0.1) is 6.61 Å². The van der Waals surface area contributed by atoms with E-state index in [1.165, 1.54) is 32.1 Å². The lowest BCUT2D eigenvalue weighted by Gasteiger charge is -2.30. The average molecular weight is 256 g/mol. The zero-order valence-corrected chi connectivity index (χ0v) is 11.8. The molecule has 18 heavy (non-hydrogen) atoms. The predicted octanol–water partition coefficient (Wildman–Crippen LogP) is 2.37. The van der Waals surface area contributed by atoms with Crippen molar-refractivity contribution >= 4 is 6.03 Å². The van der Waals surface area contributed by atoms with Gasteiger partial charge >= 0.3 is 6.03 Å². The number of hydrogen-bond donors (Lipinski definition) is 2. The van der Waals surface area contributed by atoms with Crippen molar-refractivity contribution < 1.29 is 9.90 Å². The molecule has 0 bridgehead atoms. The molecule has 4 heteroatoms. The first kappa shape index (κ1) is 15.3. The fraction of sp³-hybridized carbons (Fsp3) is 0.929. The molecular formula is C14H28N2O2. The highest BCUT2D eigenvalue weighted by Gasteiger charge is 2.23. The maximum Gasteiger partial charge on any atom is 0.317 e.